The lowest BCUT2D eigenvalue weighted by Crippen LogP contribution is -2.17. The van der Waals surface area contributed by atoms with E-state index in [9.17, 15) is 0 Å². The highest BCUT2D eigenvalue weighted by Crippen LogP contribution is 2.55. The molecule has 0 aliphatic heterocycles. The van der Waals surface area contributed by atoms with Gasteiger partial charge < -0.3 is 0 Å². The third-order valence-electron chi connectivity index (χ3n) is 7.29. The smallest absolute Gasteiger partial charge is 0.0201 e. The molecular formula is C22H40. The van der Waals surface area contributed by atoms with Crippen LogP contribution >= 0.6 is 0 Å². The zero-order valence-electron chi connectivity index (χ0n) is 16.0. The first-order valence-corrected chi connectivity index (χ1v) is 10.1. The monoisotopic (exact) mass is 304 g/mol. The average Bonchev–Trinajstić information content (AvgIpc) is 3.27. The van der Waals surface area contributed by atoms with Crippen LogP contribution in [0.15, 0.2) is 12.2 Å². The highest BCUT2D eigenvalue weighted by molar-refractivity contribution is 5.10. The maximum Gasteiger partial charge on any atom is -0.0201 e. The summed E-state index contributed by atoms with van der Waals surface area (Å²) in [5.74, 6) is 4.38. The Morgan fingerprint density at radius 3 is 2.45 bits per heavy atom. The van der Waals surface area contributed by atoms with Crippen molar-refractivity contribution in [2.75, 3.05) is 0 Å². The van der Waals surface area contributed by atoms with Crippen LogP contribution in [0.2, 0.25) is 0 Å². The fraction of sp³-hybridized carbons (Fsp3) is 0.909. The second kappa shape index (κ2) is 7.54. The normalized spacial score (nSPS) is 38.0. The van der Waals surface area contributed by atoms with Gasteiger partial charge in [0.05, 0.1) is 0 Å². The molecule has 128 valence electrons. The maximum absolute atomic E-state index is 4.38. The summed E-state index contributed by atoms with van der Waals surface area (Å²) in [6, 6.07) is 0. The van der Waals surface area contributed by atoms with Gasteiger partial charge in [0.2, 0.25) is 0 Å². The Morgan fingerprint density at radius 1 is 1.09 bits per heavy atom. The minimum absolute atomic E-state index is 0.625. The SMILES string of the molecule is C=C(C(C)C)C(C)C1CC1C1CCCCCC(C)(CC)CC1. The van der Waals surface area contributed by atoms with Crippen molar-refractivity contribution in [3.8, 4) is 0 Å². The highest BCUT2D eigenvalue weighted by atomic mass is 14.5. The lowest BCUT2D eigenvalue weighted by Gasteiger charge is -2.29. The molecule has 5 atom stereocenters. The molecule has 0 spiro atoms. The lowest BCUT2D eigenvalue weighted by molar-refractivity contribution is 0.225. The van der Waals surface area contributed by atoms with E-state index in [0.717, 1.165) is 23.7 Å². The molecule has 2 aliphatic carbocycles. The molecule has 2 fully saturated rings. The van der Waals surface area contributed by atoms with Crippen LogP contribution in [-0.4, -0.2) is 0 Å². The number of rotatable bonds is 5. The van der Waals surface area contributed by atoms with Gasteiger partial charge in [-0.05, 0) is 60.7 Å². The maximum atomic E-state index is 4.38. The van der Waals surface area contributed by atoms with E-state index in [1.54, 1.807) is 0 Å². The van der Waals surface area contributed by atoms with Crippen LogP contribution in [-0.2, 0) is 0 Å². The predicted octanol–water partition coefficient (Wildman–Crippen LogP) is 7.25. The van der Waals surface area contributed by atoms with E-state index in [2.05, 4.69) is 41.2 Å². The van der Waals surface area contributed by atoms with Crippen LogP contribution in [0.25, 0.3) is 0 Å². The zero-order valence-corrected chi connectivity index (χ0v) is 16.0. The summed E-state index contributed by atoms with van der Waals surface area (Å²) in [5, 5.41) is 0. The fourth-order valence-electron chi connectivity index (χ4n) is 4.87. The van der Waals surface area contributed by atoms with Crippen molar-refractivity contribution in [1.29, 1.82) is 0 Å². The number of allylic oxidation sites excluding steroid dienone is 1. The average molecular weight is 305 g/mol. The van der Waals surface area contributed by atoms with Crippen molar-refractivity contribution >= 4 is 0 Å². The molecule has 2 saturated carbocycles. The first kappa shape index (κ1) is 18.1. The summed E-state index contributed by atoms with van der Waals surface area (Å²) >= 11 is 0. The molecule has 22 heavy (non-hydrogen) atoms. The van der Waals surface area contributed by atoms with E-state index in [4.69, 9.17) is 0 Å². The Kier molecular flexibility index (Phi) is 6.20. The Hall–Kier alpha value is -0.260. The molecule has 0 heterocycles. The van der Waals surface area contributed by atoms with E-state index < -0.39 is 0 Å². The largest absolute Gasteiger partial charge is 0.0993 e. The second-order valence-corrected chi connectivity index (χ2v) is 9.14. The molecule has 0 bridgehead atoms. The summed E-state index contributed by atoms with van der Waals surface area (Å²) in [6.07, 6.45) is 13.2. The second-order valence-electron chi connectivity index (χ2n) is 9.14. The summed E-state index contributed by atoms with van der Waals surface area (Å²) in [7, 11) is 0. The summed E-state index contributed by atoms with van der Waals surface area (Å²) in [6.45, 7) is 16.4. The molecule has 0 aromatic rings. The minimum Gasteiger partial charge on any atom is -0.0993 e. The fourth-order valence-corrected chi connectivity index (χ4v) is 4.87. The van der Waals surface area contributed by atoms with Crippen LogP contribution in [0.1, 0.15) is 92.4 Å². The van der Waals surface area contributed by atoms with Gasteiger partial charge in [-0.25, -0.2) is 0 Å². The van der Waals surface area contributed by atoms with E-state index in [-0.39, 0.29) is 0 Å². The van der Waals surface area contributed by atoms with Gasteiger partial charge in [0, 0.05) is 0 Å². The van der Waals surface area contributed by atoms with Crippen molar-refractivity contribution in [2.24, 2.45) is 35.0 Å². The molecule has 0 heteroatoms. The molecule has 0 N–H and O–H groups in total. The molecule has 2 aliphatic rings. The van der Waals surface area contributed by atoms with Gasteiger partial charge in [0.1, 0.15) is 0 Å². The van der Waals surface area contributed by atoms with E-state index in [0.29, 0.717) is 11.3 Å². The van der Waals surface area contributed by atoms with Crippen molar-refractivity contribution in [3.63, 3.8) is 0 Å². The molecule has 5 unspecified atom stereocenters. The van der Waals surface area contributed by atoms with Gasteiger partial charge in [-0.3, -0.25) is 0 Å². The number of hydrogen-bond donors (Lipinski definition) is 0. The Morgan fingerprint density at radius 2 is 1.82 bits per heavy atom. The highest BCUT2D eigenvalue weighted by Gasteiger charge is 2.46. The van der Waals surface area contributed by atoms with Crippen molar-refractivity contribution in [3.05, 3.63) is 12.2 Å². The van der Waals surface area contributed by atoms with Gasteiger partial charge in [-0.1, -0.05) is 78.9 Å². The van der Waals surface area contributed by atoms with Gasteiger partial charge in [0.25, 0.3) is 0 Å². The van der Waals surface area contributed by atoms with E-state index >= 15 is 0 Å². The molecule has 0 radical (unpaired) electrons. The molecule has 0 aromatic heterocycles. The van der Waals surface area contributed by atoms with Crippen molar-refractivity contribution in [2.45, 2.75) is 92.4 Å². The molecule has 0 nitrogen and oxygen atoms in total. The topological polar surface area (TPSA) is 0 Å². The molecule has 0 aromatic carbocycles. The standard InChI is InChI=1S/C22H40/c1-7-22(6)13-10-8-9-11-19(12-14-22)21-15-20(21)18(5)17(4)16(2)3/h16,18-21H,4,7-15H2,1-3,5-6H3. The minimum atomic E-state index is 0.625. The first-order chi connectivity index (χ1) is 10.4. The Bertz CT molecular complexity index is 366. The van der Waals surface area contributed by atoms with Crippen LogP contribution in [0.5, 0.6) is 0 Å². The lowest BCUT2D eigenvalue weighted by atomic mass is 9.76. The van der Waals surface area contributed by atoms with Gasteiger partial charge in [0.15, 0.2) is 0 Å². The zero-order chi connectivity index (χ0) is 16.3. The predicted molar refractivity (Wildman–Crippen MR) is 98.9 cm³/mol. The molecular weight excluding hydrogens is 264 g/mol. The summed E-state index contributed by atoms with van der Waals surface area (Å²) < 4.78 is 0. The molecule has 0 saturated heterocycles. The Labute approximate surface area is 140 Å². The van der Waals surface area contributed by atoms with Gasteiger partial charge in [-0.2, -0.15) is 0 Å². The Balaban J connectivity index is 1.93. The van der Waals surface area contributed by atoms with Crippen LogP contribution in [0, 0.1) is 35.0 Å². The van der Waals surface area contributed by atoms with Crippen LogP contribution in [0.3, 0.4) is 0 Å². The molecule has 2 rings (SSSR count). The van der Waals surface area contributed by atoms with Crippen molar-refractivity contribution < 1.29 is 0 Å². The summed E-state index contributed by atoms with van der Waals surface area (Å²) in [4.78, 5) is 0. The molecule has 0 amide bonds. The third-order valence-corrected chi connectivity index (χ3v) is 7.29. The van der Waals surface area contributed by atoms with Gasteiger partial charge >= 0.3 is 0 Å². The van der Waals surface area contributed by atoms with Gasteiger partial charge in [-0.15, -0.1) is 0 Å². The van der Waals surface area contributed by atoms with E-state index in [1.807, 2.05) is 0 Å². The first-order valence-electron chi connectivity index (χ1n) is 10.1. The van der Waals surface area contributed by atoms with Crippen LogP contribution in [0.4, 0.5) is 0 Å². The van der Waals surface area contributed by atoms with E-state index in [1.165, 1.54) is 63.4 Å². The van der Waals surface area contributed by atoms with Crippen LogP contribution < -0.4 is 0 Å². The quantitative estimate of drug-likeness (QED) is 0.469. The third kappa shape index (κ3) is 4.39. The number of hydrogen-bond acceptors (Lipinski definition) is 0. The van der Waals surface area contributed by atoms with Crippen molar-refractivity contribution in [1.82, 2.24) is 0 Å². The summed E-state index contributed by atoms with van der Waals surface area (Å²) in [5.41, 5.74) is 2.12.